The SMILES string of the molecule is CCOc1ncccc1CNC(=O)CCCC[C@@H]1SC[C@@H]2NC(=O)N[C@@H]21. The van der Waals surface area contributed by atoms with Crippen molar-refractivity contribution >= 4 is 23.7 Å². The van der Waals surface area contributed by atoms with Crippen LogP contribution in [0.3, 0.4) is 0 Å². The van der Waals surface area contributed by atoms with E-state index < -0.39 is 0 Å². The minimum atomic E-state index is -0.0495. The minimum Gasteiger partial charge on any atom is -0.478 e. The van der Waals surface area contributed by atoms with Gasteiger partial charge in [0.05, 0.1) is 18.7 Å². The van der Waals surface area contributed by atoms with Gasteiger partial charge in [-0.25, -0.2) is 9.78 Å². The van der Waals surface area contributed by atoms with Gasteiger partial charge in [0.15, 0.2) is 0 Å². The summed E-state index contributed by atoms with van der Waals surface area (Å²) in [5, 5.41) is 9.34. The highest BCUT2D eigenvalue weighted by Gasteiger charge is 2.42. The fourth-order valence-corrected chi connectivity index (χ4v) is 4.93. The fraction of sp³-hybridized carbons (Fsp3) is 0.611. The number of fused-ring (bicyclic) bond motifs is 1. The number of thioether (sulfide) groups is 1. The second kappa shape index (κ2) is 9.12. The Morgan fingerprint density at radius 1 is 1.42 bits per heavy atom. The van der Waals surface area contributed by atoms with E-state index in [2.05, 4.69) is 20.9 Å². The molecule has 142 valence electrons. The molecule has 0 radical (unpaired) electrons. The van der Waals surface area contributed by atoms with E-state index in [1.165, 1.54) is 0 Å². The van der Waals surface area contributed by atoms with Gasteiger partial charge in [-0.3, -0.25) is 4.79 Å². The average Bonchev–Trinajstić information content (AvgIpc) is 3.18. The van der Waals surface area contributed by atoms with Gasteiger partial charge in [0.2, 0.25) is 11.8 Å². The van der Waals surface area contributed by atoms with Gasteiger partial charge in [-0.05, 0) is 25.8 Å². The first-order valence-corrected chi connectivity index (χ1v) is 10.2. The number of ether oxygens (including phenoxy) is 1. The number of carbonyl (C=O) groups is 2. The lowest BCUT2D eigenvalue weighted by molar-refractivity contribution is -0.121. The van der Waals surface area contributed by atoms with Crippen molar-refractivity contribution in [3.05, 3.63) is 23.9 Å². The number of pyridine rings is 1. The Bertz CT molecular complexity index is 643. The number of urea groups is 1. The second-order valence-corrected chi connectivity index (χ2v) is 7.82. The van der Waals surface area contributed by atoms with Gasteiger partial charge in [0.25, 0.3) is 0 Å². The summed E-state index contributed by atoms with van der Waals surface area (Å²) in [5.74, 6) is 1.60. The zero-order valence-corrected chi connectivity index (χ0v) is 15.8. The van der Waals surface area contributed by atoms with E-state index in [0.29, 0.717) is 30.7 Å². The molecule has 3 N–H and O–H groups in total. The van der Waals surface area contributed by atoms with Crippen LogP contribution in [0.1, 0.15) is 38.2 Å². The van der Waals surface area contributed by atoms with Gasteiger partial charge < -0.3 is 20.7 Å². The van der Waals surface area contributed by atoms with Crippen molar-refractivity contribution in [1.29, 1.82) is 0 Å². The van der Waals surface area contributed by atoms with E-state index in [1.54, 1.807) is 6.20 Å². The Morgan fingerprint density at radius 2 is 2.31 bits per heavy atom. The van der Waals surface area contributed by atoms with E-state index in [4.69, 9.17) is 4.74 Å². The van der Waals surface area contributed by atoms with Crippen LogP contribution < -0.4 is 20.7 Å². The third-order valence-corrected chi connectivity index (χ3v) is 6.20. The van der Waals surface area contributed by atoms with Crippen LogP contribution in [0.15, 0.2) is 18.3 Å². The zero-order chi connectivity index (χ0) is 18.4. The molecule has 3 atom stereocenters. The van der Waals surface area contributed by atoms with Crippen LogP contribution in [-0.2, 0) is 11.3 Å². The van der Waals surface area contributed by atoms with Crippen LogP contribution in [-0.4, -0.2) is 46.6 Å². The number of nitrogens with zero attached hydrogens (tertiary/aromatic N) is 1. The smallest absolute Gasteiger partial charge is 0.315 e. The molecular formula is C18H26N4O3S. The van der Waals surface area contributed by atoms with Gasteiger partial charge in [0.1, 0.15) is 0 Å². The molecule has 2 fully saturated rings. The van der Waals surface area contributed by atoms with Crippen molar-refractivity contribution in [2.24, 2.45) is 0 Å². The molecule has 3 heterocycles. The number of hydrogen-bond donors (Lipinski definition) is 3. The summed E-state index contributed by atoms with van der Waals surface area (Å²) >= 11 is 1.91. The van der Waals surface area contributed by atoms with E-state index in [9.17, 15) is 9.59 Å². The van der Waals surface area contributed by atoms with Crippen molar-refractivity contribution in [1.82, 2.24) is 20.9 Å². The Hall–Kier alpha value is -1.96. The van der Waals surface area contributed by atoms with Gasteiger partial charge in [0, 0.05) is 35.7 Å². The van der Waals surface area contributed by atoms with E-state index >= 15 is 0 Å². The molecule has 0 saturated carbocycles. The van der Waals surface area contributed by atoms with Crippen molar-refractivity contribution in [2.45, 2.75) is 56.5 Å². The molecule has 0 aliphatic carbocycles. The normalized spacial score (nSPS) is 23.9. The number of unbranched alkanes of at least 4 members (excludes halogenated alkanes) is 1. The molecule has 1 aromatic heterocycles. The average molecular weight is 378 g/mol. The third kappa shape index (κ3) is 4.81. The maximum atomic E-state index is 12.1. The molecule has 0 aromatic carbocycles. The van der Waals surface area contributed by atoms with E-state index in [1.807, 2.05) is 30.8 Å². The summed E-state index contributed by atoms with van der Waals surface area (Å²) in [7, 11) is 0. The number of nitrogens with one attached hydrogen (secondary N) is 3. The molecule has 3 amide bonds. The molecule has 0 spiro atoms. The van der Waals surface area contributed by atoms with E-state index in [0.717, 1.165) is 30.6 Å². The molecule has 2 saturated heterocycles. The summed E-state index contributed by atoms with van der Waals surface area (Å²) in [6.45, 7) is 2.89. The first kappa shape index (κ1) is 18.8. The summed E-state index contributed by atoms with van der Waals surface area (Å²) in [4.78, 5) is 27.6. The van der Waals surface area contributed by atoms with Crippen molar-refractivity contribution in [3.63, 3.8) is 0 Å². The van der Waals surface area contributed by atoms with Crippen molar-refractivity contribution < 1.29 is 14.3 Å². The van der Waals surface area contributed by atoms with Gasteiger partial charge in [-0.2, -0.15) is 11.8 Å². The van der Waals surface area contributed by atoms with Crippen LogP contribution >= 0.6 is 11.8 Å². The molecule has 1 aromatic rings. The lowest BCUT2D eigenvalue weighted by atomic mass is 10.0. The van der Waals surface area contributed by atoms with Crippen molar-refractivity contribution in [2.75, 3.05) is 12.4 Å². The first-order valence-electron chi connectivity index (χ1n) is 9.19. The topological polar surface area (TPSA) is 92.3 Å². The monoisotopic (exact) mass is 378 g/mol. The third-order valence-electron chi connectivity index (χ3n) is 4.69. The van der Waals surface area contributed by atoms with Crippen LogP contribution in [0.25, 0.3) is 0 Å². The fourth-order valence-electron chi connectivity index (χ4n) is 3.38. The quantitative estimate of drug-likeness (QED) is 0.450. The van der Waals surface area contributed by atoms with Crippen LogP contribution in [0.5, 0.6) is 5.88 Å². The Labute approximate surface area is 158 Å². The molecule has 0 unspecified atom stereocenters. The second-order valence-electron chi connectivity index (χ2n) is 6.55. The summed E-state index contributed by atoms with van der Waals surface area (Å²) < 4.78 is 5.47. The van der Waals surface area contributed by atoms with Gasteiger partial charge >= 0.3 is 6.03 Å². The Balaban J connectivity index is 1.33. The van der Waals surface area contributed by atoms with Crippen LogP contribution in [0, 0.1) is 0 Å². The number of aromatic nitrogens is 1. The lowest BCUT2D eigenvalue weighted by Crippen LogP contribution is -2.36. The number of amides is 3. The summed E-state index contributed by atoms with van der Waals surface area (Å²) in [6, 6.07) is 4.21. The van der Waals surface area contributed by atoms with Crippen molar-refractivity contribution in [3.8, 4) is 5.88 Å². The highest BCUT2D eigenvalue weighted by Crippen LogP contribution is 2.33. The lowest BCUT2D eigenvalue weighted by Gasteiger charge is -2.16. The minimum absolute atomic E-state index is 0.0455. The highest BCUT2D eigenvalue weighted by atomic mass is 32.2. The molecular weight excluding hydrogens is 352 g/mol. The molecule has 2 aliphatic rings. The standard InChI is InChI=1S/C18H26N4O3S/c1-2-25-17-12(6-5-9-19-17)10-20-15(23)8-4-3-7-14-16-13(11-26-14)21-18(24)22-16/h5-6,9,13-14,16H,2-4,7-8,10-11H2,1H3,(H,20,23)(H2,21,22,24)/t13-,14-,16-/m0/s1. The number of carbonyl (C=O) groups excluding carboxylic acids is 2. The van der Waals surface area contributed by atoms with Crippen LogP contribution in [0.2, 0.25) is 0 Å². The molecule has 26 heavy (non-hydrogen) atoms. The predicted molar refractivity (Wildman–Crippen MR) is 101 cm³/mol. The summed E-state index contributed by atoms with van der Waals surface area (Å²) in [6.07, 6.45) is 5.07. The summed E-state index contributed by atoms with van der Waals surface area (Å²) in [5.41, 5.74) is 0.889. The molecule has 3 rings (SSSR count). The van der Waals surface area contributed by atoms with Crippen LogP contribution in [0.4, 0.5) is 4.79 Å². The number of hydrogen-bond acceptors (Lipinski definition) is 5. The maximum absolute atomic E-state index is 12.1. The molecule has 2 aliphatic heterocycles. The van der Waals surface area contributed by atoms with Gasteiger partial charge in [-0.1, -0.05) is 12.5 Å². The predicted octanol–water partition coefficient (Wildman–Crippen LogP) is 1.82. The maximum Gasteiger partial charge on any atom is 0.315 e. The van der Waals surface area contributed by atoms with Gasteiger partial charge in [-0.15, -0.1) is 0 Å². The Kier molecular flexibility index (Phi) is 6.60. The van der Waals surface area contributed by atoms with E-state index in [-0.39, 0.29) is 24.0 Å². The Morgan fingerprint density at radius 3 is 3.15 bits per heavy atom. The zero-order valence-electron chi connectivity index (χ0n) is 15.0. The molecule has 8 heteroatoms. The molecule has 0 bridgehead atoms. The highest BCUT2D eigenvalue weighted by molar-refractivity contribution is 8.00. The molecule has 7 nitrogen and oxygen atoms in total. The largest absolute Gasteiger partial charge is 0.478 e. The number of rotatable bonds is 9. The first-order chi connectivity index (χ1) is 12.7.